The average Bonchev–Trinajstić information content (AvgIpc) is 2.86. The number of amides is 1. The van der Waals surface area contributed by atoms with E-state index in [1.54, 1.807) is 12.3 Å². The zero-order chi connectivity index (χ0) is 14.5. The van der Waals surface area contributed by atoms with Gasteiger partial charge in [0.05, 0.1) is 13.3 Å². The Morgan fingerprint density at radius 3 is 2.85 bits per heavy atom. The second-order valence-electron chi connectivity index (χ2n) is 4.90. The van der Waals surface area contributed by atoms with Gasteiger partial charge in [-0.2, -0.15) is 0 Å². The number of anilines is 1. The van der Waals surface area contributed by atoms with Crippen molar-refractivity contribution in [2.45, 2.75) is 13.5 Å². The van der Waals surface area contributed by atoms with Gasteiger partial charge in [-0.15, -0.1) is 0 Å². The SMILES string of the molecule is Cc1ccc(NC(=O)C[NH+](C)Cc2ccco2)cc1Cl. The molecule has 1 unspecified atom stereocenters. The second kappa shape index (κ2) is 6.59. The molecule has 0 aliphatic heterocycles. The normalized spacial score (nSPS) is 12.2. The van der Waals surface area contributed by atoms with E-state index in [1.165, 1.54) is 0 Å². The maximum Gasteiger partial charge on any atom is 0.279 e. The zero-order valence-electron chi connectivity index (χ0n) is 11.6. The molecule has 1 amide bonds. The van der Waals surface area contributed by atoms with Crippen molar-refractivity contribution in [3.8, 4) is 0 Å². The van der Waals surface area contributed by atoms with Crippen molar-refractivity contribution in [1.82, 2.24) is 0 Å². The molecule has 1 atom stereocenters. The van der Waals surface area contributed by atoms with E-state index >= 15 is 0 Å². The van der Waals surface area contributed by atoms with E-state index < -0.39 is 0 Å². The predicted octanol–water partition coefficient (Wildman–Crippen LogP) is 1.89. The lowest BCUT2D eigenvalue weighted by Gasteiger charge is -2.12. The molecule has 1 heterocycles. The summed E-state index contributed by atoms with van der Waals surface area (Å²) < 4.78 is 5.26. The molecule has 1 aromatic heterocycles. The molecule has 106 valence electrons. The molecule has 0 spiro atoms. The fourth-order valence-electron chi connectivity index (χ4n) is 1.92. The summed E-state index contributed by atoms with van der Waals surface area (Å²) in [5.41, 5.74) is 1.71. The molecule has 1 aromatic carbocycles. The Bertz CT molecular complexity index is 582. The summed E-state index contributed by atoms with van der Waals surface area (Å²) in [6.45, 7) is 2.97. The highest BCUT2D eigenvalue weighted by molar-refractivity contribution is 6.31. The maximum atomic E-state index is 11.9. The number of carbonyl (C=O) groups excluding carboxylic acids is 1. The largest absolute Gasteiger partial charge is 0.463 e. The van der Waals surface area contributed by atoms with E-state index in [-0.39, 0.29) is 5.91 Å². The first-order valence-electron chi connectivity index (χ1n) is 6.44. The van der Waals surface area contributed by atoms with E-state index in [4.69, 9.17) is 16.0 Å². The second-order valence-corrected chi connectivity index (χ2v) is 5.31. The van der Waals surface area contributed by atoms with Crippen LogP contribution in [0.15, 0.2) is 41.0 Å². The molecule has 2 rings (SSSR count). The lowest BCUT2D eigenvalue weighted by molar-refractivity contribution is -0.886. The molecule has 2 N–H and O–H groups in total. The minimum Gasteiger partial charge on any atom is -0.463 e. The lowest BCUT2D eigenvalue weighted by Crippen LogP contribution is -3.08. The van der Waals surface area contributed by atoms with Crippen LogP contribution in [0.4, 0.5) is 5.69 Å². The number of furan rings is 1. The first-order chi connectivity index (χ1) is 9.54. The van der Waals surface area contributed by atoms with Gasteiger partial charge < -0.3 is 14.6 Å². The van der Waals surface area contributed by atoms with Crippen molar-refractivity contribution < 1.29 is 14.1 Å². The minimum absolute atomic E-state index is 0.0472. The van der Waals surface area contributed by atoms with Gasteiger partial charge in [0.25, 0.3) is 5.91 Å². The number of rotatable bonds is 5. The number of hydrogen-bond donors (Lipinski definition) is 2. The van der Waals surface area contributed by atoms with Crippen molar-refractivity contribution in [3.63, 3.8) is 0 Å². The average molecular weight is 294 g/mol. The van der Waals surface area contributed by atoms with Crippen LogP contribution in [0, 0.1) is 6.92 Å². The summed E-state index contributed by atoms with van der Waals surface area (Å²) >= 11 is 6.03. The van der Waals surface area contributed by atoms with Gasteiger partial charge >= 0.3 is 0 Å². The molecule has 0 bridgehead atoms. The van der Waals surface area contributed by atoms with Crippen LogP contribution in [0.3, 0.4) is 0 Å². The van der Waals surface area contributed by atoms with Crippen molar-refractivity contribution in [3.05, 3.63) is 52.9 Å². The van der Waals surface area contributed by atoms with Crippen LogP contribution in [0.5, 0.6) is 0 Å². The van der Waals surface area contributed by atoms with Gasteiger partial charge in [-0.05, 0) is 36.8 Å². The highest BCUT2D eigenvalue weighted by Crippen LogP contribution is 2.19. The van der Waals surface area contributed by atoms with Crippen LogP contribution >= 0.6 is 11.6 Å². The third-order valence-electron chi connectivity index (χ3n) is 2.97. The van der Waals surface area contributed by atoms with Gasteiger partial charge in [-0.1, -0.05) is 17.7 Å². The Kier molecular flexibility index (Phi) is 4.82. The predicted molar refractivity (Wildman–Crippen MR) is 79.0 cm³/mol. The Morgan fingerprint density at radius 2 is 2.20 bits per heavy atom. The maximum absolute atomic E-state index is 11.9. The molecule has 0 saturated carbocycles. The molecule has 2 aromatic rings. The quantitative estimate of drug-likeness (QED) is 0.884. The van der Waals surface area contributed by atoms with Crippen molar-refractivity contribution >= 4 is 23.2 Å². The fourth-order valence-corrected chi connectivity index (χ4v) is 2.10. The van der Waals surface area contributed by atoms with Crippen LogP contribution in [0.25, 0.3) is 0 Å². The molecule has 0 aliphatic rings. The molecule has 20 heavy (non-hydrogen) atoms. The molecule has 0 saturated heterocycles. The van der Waals surface area contributed by atoms with E-state index in [2.05, 4.69) is 5.32 Å². The molecule has 0 radical (unpaired) electrons. The number of aryl methyl sites for hydroxylation is 1. The first kappa shape index (κ1) is 14.6. The Labute approximate surface area is 123 Å². The smallest absolute Gasteiger partial charge is 0.279 e. The summed E-state index contributed by atoms with van der Waals surface area (Å²) in [4.78, 5) is 13.0. The van der Waals surface area contributed by atoms with Crippen LogP contribution < -0.4 is 10.2 Å². The molecular formula is C15H18ClN2O2+. The van der Waals surface area contributed by atoms with Gasteiger partial charge in [-0.3, -0.25) is 4.79 Å². The van der Waals surface area contributed by atoms with E-state index in [9.17, 15) is 4.79 Å². The third kappa shape index (κ3) is 4.11. The van der Waals surface area contributed by atoms with Crippen LogP contribution in [-0.4, -0.2) is 19.5 Å². The number of carbonyl (C=O) groups is 1. The van der Waals surface area contributed by atoms with Crippen molar-refractivity contribution in [1.29, 1.82) is 0 Å². The van der Waals surface area contributed by atoms with Gasteiger partial charge in [0, 0.05) is 10.7 Å². The fraction of sp³-hybridized carbons (Fsp3) is 0.267. The van der Waals surface area contributed by atoms with Gasteiger partial charge in [-0.25, -0.2) is 0 Å². The lowest BCUT2D eigenvalue weighted by atomic mass is 10.2. The number of nitrogens with one attached hydrogen (secondary N) is 2. The van der Waals surface area contributed by atoms with Gasteiger partial charge in [0.2, 0.25) is 0 Å². The topological polar surface area (TPSA) is 46.7 Å². The molecule has 0 aliphatic carbocycles. The number of benzene rings is 1. The van der Waals surface area contributed by atoms with Gasteiger partial charge in [0.1, 0.15) is 6.54 Å². The van der Waals surface area contributed by atoms with Crippen molar-refractivity contribution in [2.75, 3.05) is 18.9 Å². The van der Waals surface area contributed by atoms with Crippen LogP contribution in [0.2, 0.25) is 5.02 Å². The Balaban J connectivity index is 1.87. The van der Waals surface area contributed by atoms with E-state index in [1.807, 2.05) is 38.2 Å². The summed E-state index contributed by atoms with van der Waals surface area (Å²) in [6, 6.07) is 9.24. The molecule has 4 nitrogen and oxygen atoms in total. The first-order valence-corrected chi connectivity index (χ1v) is 6.82. The van der Waals surface area contributed by atoms with E-state index in [0.717, 1.165) is 21.9 Å². The Morgan fingerprint density at radius 1 is 1.40 bits per heavy atom. The zero-order valence-corrected chi connectivity index (χ0v) is 12.3. The molecular weight excluding hydrogens is 276 g/mol. The van der Waals surface area contributed by atoms with Crippen LogP contribution in [0.1, 0.15) is 11.3 Å². The molecule has 5 heteroatoms. The summed E-state index contributed by atoms with van der Waals surface area (Å²) in [6.07, 6.45) is 1.64. The number of quaternary nitrogens is 1. The molecule has 0 fully saturated rings. The summed E-state index contributed by atoms with van der Waals surface area (Å²) in [5, 5.41) is 3.50. The minimum atomic E-state index is -0.0472. The van der Waals surface area contributed by atoms with Crippen molar-refractivity contribution in [2.24, 2.45) is 0 Å². The van der Waals surface area contributed by atoms with Crippen LogP contribution in [-0.2, 0) is 11.3 Å². The summed E-state index contributed by atoms with van der Waals surface area (Å²) in [7, 11) is 1.95. The third-order valence-corrected chi connectivity index (χ3v) is 3.38. The van der Waals surface area contributed by atoms with Gasteiger partial charge in [0.15, 0.2) is 12.3 Å². The number of likely N-dealkylation sites (N-methyl/N-ethyl adjacent to an activating group) is 1. The highest BCUT2D eigenvalue weighted by atomic mass is 35.5. The highest BCUT2D eigenvalue weighted by Gasteiger charge is 2.12. The number of hydrogen-bond acceptors (Lipinski definition) is 2. The summed E-state index contributed by atoms with van der Waals surface area (Å²) in [5.74, 6) is 0.822. The monoisotopic (exact) mass is 293 g/mol. The number of halogens is 1. The van der Waals surface area contributed by atoms with E-state index in [0.29, 0.717) is 18.1 Å². The standard InChI is InChI=1S/C15H17ClN2O2/c1-11-5-6-12(8-14(11)16)17-15(19)10-18(2)9-13-4-3-7-20-13/h3-8H,9-10H2,1-2H3,(H,17,19)/p+1. The Hall–Kier alpha value is -1.78.